The standard InChI is InChI=1S/C20H20BN3/c1-12-4-3-5-13(2)20(12)21-16-10-14(22)6-8-18(16)24-19-9-7-15(23)11-17(19)21/h3-11,24H,22-23H2,1-2H3/p+2. The summed E-state index contributed by atoms with van der Waals surface area (Å²) in [5.41, 5.74) is 19.3. The first-order valence-electron chi connectivity index (χ1n) is 8.29. The van der Waals surface area contributed by atoms with E-state index in [-0.39, 0.29) is 6.71 Å². The molecular formula is C20H22BN3+2. The molecule has 24 heavy (non-hydrogen) atoms. The summed E-state index contributed by atoms with van der Waals surface area (Å²) in [4.78, 5) is 0. The Kier molecular flexibility index (Phi) is 3.45. The lowest BCUT2D eigenvalue weighted by molar-refractivity contribution is -0.255. The number of benzene rings is 3. The second-order valence-corrected chi connectivity index (χ2v) is 6.71. The van der Waals surface area contributed by atoms with E-state index in [1.807, 2.05) is 0 Å². The molecule has 1 heterocycles. The van der Waals surface area contributed by atoms with E-state index in [4.69, 9.17) is 0 Å². The fraction of sp³-hybridized carbons (Fsp3) is 0.100. The van der Waals surface area contributed by atoms with Gasteiger partial charge in [0.1, 0.15) is 11.4 Å². The van der Waals surface area contributed by atoms with Gasteiger partial charge in [0.25, 0.3) is 0 Å². The average Bonchev–Trinajstić information content (AvgIpc) is 2.54. The summed E-state index contributed by atoms with van der Waals surface area (Å²) in [7, 11) is 0. The molecular weight excluding hydrogens is 293 g/mol. The zero-order valence-corrected chi connectivity index (χ0v) is 14.2. The van der Waals surface area contributed by atoms with E-state index >= 15 is 0 Å². The average molecular weight is 315 g/mol. The molecule has 3 nitrogen and oxygen atoms in total. The topological polar surface area (TPSA) is 67.3 Å². The van der Waals surface area contributed by atoms with Crippen LogP contribution in [0.4, 0.5) is 22.7 Å². The van der Waals surface area contributed by atoms with E-state index in [1.54, 1.807) is 0 Å². The van der Waals surface area contributed by atoms with Gasteiger partial charge in [-0.15, -0.1) is 0 Å². The van der Waals surface area contributed by atoms with E-state index in [9.17, 15) is 0 Å². The first-order valence-corrected chi connectivity index (χ1v) is 8.29. The normalized spacial score (nSPS) is 12.4. The second kappa shape index (κ2) is 5.51. The highest BCUT2D eigenvalue weighted by atomic mass is 14.9. The van der Waals surface area contributed by atoms with Crippen LogP contribution in [0.15, 0.2) is 54.6 Å². The highest BCUT2D eigenvalue weighted by molar-refractivity contribution is 6.98. The number of quaternary nitrogens is 2. The Morgan fingerprint density at radius 3 is 1.75 bits per heavy atom. The fourth-order valence-corrected chi connectivity index (χ4v) is 3.84. The predicted molar refractivity (Wildman–Crippen MR) is 102 cm³/mol. The molecule has 0 saturated carbocycles. The van der Waals surface area contributed by atoms with E-state index in [0.717, 1.165) is 11.4 Å². The Bertz CT molecular complexity index is 878. The third-order valence-electron chi connectivity index (χ3n) is 4.95. The van der Waals surface area contributed by atoms with Gasteiger partial charge in [-0.25, -0.2) is 0 Å². The van der Waals surface area contributed by atoms with Crippen molar-refractivity contribution in [3.8, 4) is 0 Å². The number of nitrogens with one attached hydrogen (secondary N) is 1. The summed E-state index contributed by atoms with van der Waals surface area (Å²) < 4.78 is 0. The third kappa shape index (κ3) is 2.32. The number of anilines is 2. The molecule has 3 aromatic carbocycles. The molecule has 0 radical (unpaired) electrons. The van der Waals surface area contributed by atoms with Gasteiger partial charge in [-0.1, -0.05) is 34.8 Å². The molecule has 0 aliphatic carbocycles. The van der Waals surface area contributed by atoms with E-state index in [0.29, 0.717) is 0 Å². The molecule has 0 spiro atoms. The van der Waals surface area contributed by atoms with Crippen LogP contribution >= 0.6 is 0 Å². The van der Waals surface area contributed by atoms with Crippen LogP contribution < -0.4 is 33.2 Å². The van der Waals surface area contributed by atoms with Crippen molar-refractivity contribution in [3.63, 3.8) is 0 Å². The zero-order valence-electron chi connectivity index (χ0n) is 14.2. The van der Waals surface area contributed by atoms with Crippen molar-refractivity contribution in [1.82, 2.24) is 0 Å². The van der Waals surface area contributed by atoms with Gasteiger partial charge >= 0.3 is 0 Å². The second-order valence-electron chi connectivity index (χ2n) is 6.71. The number of aryl methyl sites for hydroxylation is 2. The van der Waals surface area contributed by atoms with Crippen molar-refractivity contribution in [2.24, 2.45) is 0 Å². The van der Waals surface area contributed by atoms with Gasteiger partial charge in [0, 0.05) is 23.5 Å². The maximum Gasteiger partial charge on any atom is 0.247 e. The van der Waals surface area contributed by atoms with Crippen molar-refractivity contribution in [3.05, 3.63) is 65.7 Å². The van der Waals surface area contributed by atoms with E-state index < -0.39 is 0 Å². The summed E-state index contributed by atoms with van der Waals surface area (Å²) in [6.07, 6.45) is 0. The zero-order chi connectivity index (χ0) is 16.8. The maximum atomic E-state index is 4.14. The van der Waals surface area contributed by atoms with Crippen LogP contribution in [0.2, 0.25) is 0 Å². The van der Waals surface area contributed by atoms with Crippen molar-refractivity contribution >= 4 is 45.9 Å². The van der Waals surface area contributed by atoms with Crippen LogP contribution in [0.1, 0.15) is 11.1 Å². The molecule has 7 N–H and O–H groups in total. The molecule has 1 aliphatic rings. The van der Waals surface area contributed by atoms with Crippen LogP contribution in [-0.2, 0) is 0 Å². The van der Waals surface area contributed by atoms with Crippen LogP contribution in [0, 0.1) is 13.8 Å². The fourth-order valence-electron chi connectivity index (χ4n) is 3.84. The molecule has 0 aromatic heterocycles. The van der Waals surface area contributed by atoms with Gasteiger partial charge in [0.2, 0.25) is 6.71 Å². The molecule has 0 unspecified atom stereocenters. The molecule has 4 rings (SSSR count). The highest BCUT2D eigenvalue weighted by Crippen LogP contribution is 2.23. The van der Waals surface area contributed by atoms with Crippen molar-refractivity contribution in [2.75, 3.05) is 5.32 Å². The predicted octanol–water partition coefficient (Wildman–Crippen LogP) is 0.623. The van der Waals surface area contributed by atoms with Gasteiger partial charge in [0.05, 0.1) is 0 Å². The lowest BCUT2D eigenvalue weighted by Gasteiger charge is -2.29. The van der Waals surface area contributed by atoms with Crippen LogP contribution in [0.5, 0.6) is 0 Å². The molecule has 4 heteroatoms. The van der Waals surface area contributed by atoms with Crippen molar-refractivity contribution in [2.45, 2.75) is 13.8 Å². The number of fused-ring (bicyclic) bond motifs is 2. The minimum atomic E-state index is 0.209. The number of rotatable bonds is 1. The summed E-state index contributed by atoms with van der Waals surface area (Å²) in [6.45, 7) is 4.61. The van der Waals surface area contributed by atoms with Gasteiger partial charge in [-0.2, -0.15) is 0 Å². The van der Waals surface area contributed by atoms with E-state index in [2.05, 4.69) is 85.2 Å². The summed E-state index contributed by atoms with van der Waals surface area (Å²) >= 11 is 0. The molecule has 118 valence electrons. The monoisotopic (exact) mass is 315 g/mol. The lowest BCUT2D eigenvalue weighted by atomic mass is 9.34. The lowest BCUT2D eigenvalue weighted by Crippen LogP contribution is -2.58. The quantitative estimate of drug-likeness (QED) is 0.443. The van der Waals surface area contributed by atoms with Crippen molar-refractivity contribution < 1.29 is 11.5 Å². The largest absolute Gasteiger partial charge is 0.356 e. The maximum absolute atomic E-state index is 4.14. The molecule has 3 aromatic rings. The Balaban J connectivity index is 2.05. The SMILES string of the molecule is Cc1cccc(C)c1B1c2cc([NH3+])ccc2Nc2ccc([NH3+])cc21. The Morgan fingerprint density at radius 2 is 1.25 bits per heavy atom. The Labute approximate surface area is 142 Å². The van der Waals surface area contributed by atoms with Crippen LogP contribution in [0.25, 0.3) is 0 Å². The first-order chi connectivity index (χ1) is 11.5. The molecule has 0 fully saturated rings. The smallest absolute Gasteiger partial charge is 0.247 e. The van der Waals surface area contributed by atoms with Crippen LogP contribution in [0.3, 0.4) is 0 Å². The van der Waals surface area contributed by atoms with Gasteiger partial charge in [-0.05, 0) is 49.0 Å². The Hall–Kier alpha value is -2.56. The van der Waals surface area contributed by atoms with Gasteiger partial charge < -0.3 is 16.8 Å². The molecule has 0 atom stereocenters. The number of hydrogen-bond donors (Lipinski definition) is 3. The van der Waals surface area contributed by atoms with Gasteiger partial charge in [-0.3, -0.25) is 0 Å². The molecule has 0 bridgehead atoms. The summed E-state index contributed by atoms with van der Waals surface area (Å²) in [5, 5.41) is 3.58. The molecule has 1 aliphatic heterocycles. The summed E-state index contributed by atoms with van der Waals surface area (Å²) in [6, 6.07) is 19.3. The summed E-state index contributed by atoms with van der Waals surface area (Å²) in [5.74, 6) is 0. The van der Waals surface area contributed by atoms with Crippen molar-refractivity contribution in [1.29, 1.82) is 0 Å². The van der Waals surface area contributed by atoms with Gasteiger partial charge in [0.15, 0.2) is 0 Å². The third-order valence-corrected chi connectivity index (χ3v) is 4.95. The van der Waals surface area contributed by atoms with E-state index in [1.165, 1.54) is 38.9 Å². The highest BCUT2D eigenvalue weighted by Gasteiger charge is 2.33. The first kappa shape index (κ1) is 15.0. The minimum Gasteiger partial charge on any atom is -0.356 e. The molecule has 0 saturated heterocycles. The minimum absolute atomic E-state index is 0.209. The Morgan fingerprint density at radius 1 is 0.750 bits per heavy atom. The van der Waals surface area contributed by atoms with Crippen LogP contribution in [-0.4, -0.2) is 6.71 Å². The number of hydrogen-bond acceptors (Lipinski definition) is 1. The molecule has 0 amide bonds.